The number of pyridine rings is 1. The first-order valence-electron chi connectivity index (χ1n) is 6.82. The normalized spacial score (nSPS) is 10.2. The van der Waals surface area contributed by atoms with E-state index >= 15 is 0 Å². The summed E-state index contributed by atoms with van der Waals surface area (Å²) in [5, 5.41) is 6.39. The smallest absolute Gasteiger partial charge is 0.223 e. The molecule has 0 fully saturated rings. The summed E-state index contributed by atoms with van der Waals surface area (Å²) in [4.78, 5) is 12.4. The quantitative estimate of drug-likeness (QED) is 0.715. The summed E-state index contributed by atoms with van der Waals surface area (Å²) in [6.45, 7) is 3.53. The molecule has 0 aliphatic heterocycles. The van der Waals surface area contributed by atoms with Crippen LogP contribution in [0.4, 0.5) is 17.6 Å². The van der Waals surface area contributed by atoms with Crippen LogP contribution in [0.1, 0.15) is 18.9 Å². The van der Waals surface area contributed by atoms with Crippen LogP contribution in [0.5, 0.6) is 5.88 Å². The molecule has 0 saturated heterocycles. The van der Waals surface area contributed by atoms with Gasteiger partial charge >= 0.3 is 0 Å². The van der Waals surface area contributed by atoms with E-state index in [1.165, 1.54) is 0 Å². The SMILES string of the molecule is CCCNc1cc(NCc2ccc(OC)nc2)nc(N)n1. The molecular formula is C14H20N6O. The number of anilines is 3. The Kier molecular flexibility index (Phi) is 5.14. The van der Waals surface area contributed by atoms with Gasteiger partial charge < -0.3 is 21.1 Å². The average molecular weight is 288 g/mol. The van der Waals surface area contributed by atoms with Gasteiger partial charge in [-0.1, -0.05) is 13.0 Å². The van der Waals surface area contributed by atoms with Gasteiger partial charge in [0, 0.05) is 31.4 Å². The van der Waals surface area contributed by atoms with E-state index < -0.39 is 0 Å². The van der Waals surface area contributed by atoms with Gasteiger partial charge in [0.1, 0.15) is 11.6 Å². The number of hydrogen-bond acceptors (Lipinski definition) is 7. The molecule has 0 amide bonds. The van der Waals surface area contributed by atoms with Crippen molar-refractivity contribution in [3.63, 3.8) is 0 Å². The maximum atomic E-state index is 5.71. The number of methoxy groups -OCH3 is 1. The van der Waals surface area contributed by atoms with Crippen molar-refractivity contribution in [2.75, 3.05) is 30.0 Å². The van der Waals surface area contributed by atoms with Crippen molar-refractivity contribution >= 4 is 17.6 Å². The van der Waals surface area contributed by atoms with E-state index in [2.05, 4.69) is 32.5 Å². The molecule has 0 aliphatic carbocycles. The molecule has 2 aromatic rings. The summed E-state index contributed by atoms with van der Waals surface area (Å²) in [5.74, 6) is 2.24. The molecule has 7 heteroatoms. The summed E-state index contributed by atoms with van der Waals surface area (Å²) in [5.41, 5.74) is 6.73. The summed E-state index contributed by atoms with van der Waals surface area (Å²) < 4.78 is 5.02. The van der Waals surface area contributed by atoms with E-state index in [4.69, 9.17) is 10.5 Å². The topological polar surface area (TPSA) is 98.0 Å². The third-order valence-corrected chi connectivity index (χ3v) is 2.78. The van der Waals surface area contributed by atoms with Crippen LogP contribution in [-0.2, 0) is 6.54 Å². The highest BCUT2D eigenvalue weighted by molar-refractivity contribution is 5.51. The number of nitrogens with two attached hydrogens (primary N) is 1. The van der Waals surface area contributed by atoms with Crippen LogP contribution >= 0.6 is 0 Å². The van der Waals surface area contributed by atoms with Gasteiger partial charge in [-0.05, 0) is 12.0 Å². The molecule has 2 aromatic heterocycles. The Bertz CT molecular complexity index is 572. The molecule has 0 radical (unpaired) electrons. The van der Waals surface area contributed by atoms with E-state index in [1.807, 2.05) is 18.2 Å². The first-order valence-corrected chi connectivity index (χ1v) is 6.82. The molecule has 0 aromatic carbocycles. The standard InChI is InChI=1S/C14H20N6O/c1-3-6-16-11-7-12(20-14(15)19-11)17-8-10-4-5-13(21-2)18-9-10/h4-5,7,9H,3,6,8H2,1-2H3,(H4,15,16,17,19,20). The Morgan fingerprint density at radius 2 is 1.95 bits per heavy atom. The summed E-state index contributed by atoms with van der Waals surface area (Å²) in [6, 6.07) is 5.60. The second-order valence-electron chi connectivity index (χ2n) is 4.49. The number of aromatic nitrogens is 3. The Morgan fingerprint density at radius 1 is 1.19 bits per heavy atom. The van der Waals surface area contributed by atoms with Gasteiger partial charge in [-0.3, -0.25) is 0 Å². The molecule has 21 heavy (non-hydrogen) atoms. The zero-order chi connectivity index (χ0) is 15.1. The lowest BCUT2D eigenvalue weighted by molar-refractivity contribution is 0.397. The van der Waals surface area contributed by atoms with Crippen LogP contribution in [-0.4, -0.2) is 28.6 Å². The van der Waals surface area contributed by atoms with Crippen LogP contribution in [0.3, 0.4) is 0 Å². The van der Waals surface area contributed by atoms with Crippen LogP contribution in [0, 0.1) is 0 Å². The lowest BCUT2D eigenvalue weighted by Gasteiger charge is -2.09. The van der Waals surface area contributed by atoms with Crippen molar-refractivity contribution in [2.24, 2.45) is 0 Å². The molecule has 0 bridgehead atoms. The average Bonchev–Trinajstić information content (AvgIpc) is 2.51. The van der Waals surface area contributed by atoms with Gasteiger partial charge in [-0.25, -0.2) is 4.98 Å². The lowest BCUT2D eigenvalue weighted by Crippen LogP contribution is -2.08. The second kappa shape index (κ2) is 7.28. The summed E-state index contributed by atoms with van der Waals surface area (Å²) in [6.07, 6.45) is 2.77. The monoisotopic (exact) mass is 288 g/mol. The number of nitrogen functional groups attached to an aromatic ring is 1. The van der Waals surface area contributed by atoms with Crippen LogP contribution in [0.25, 0.3) is 0 Å². The largest absolute Gasteiger partial charge is 0.481 e. The maximum absolute atomic E-state index is 5.71. The van der Waals surface area contributed by atoms with Gasteiger partial charge in [0.25, 0.3) is 0 Å². The molecule has 0 unspecified atom stereocenters. The number of nitrogens with one attached hydrogen (secondary N) is 2. The van der Waals surface area contributed by atoms with Gasteiger partial charge in [0.2, 0.25) is 11.8 Å². The molecule has 2 rings (SSSR count). The second-order valence-corrected chi connectivity index (χ2v) is 4.49. The number of hydrogen-bond donors (Lipinski definition) is 3. The van der Waals surface area contributed by atoms with E-state index in [1.54, 1.807) is 13.3 Å². The molecule has 0 aliphatic rings. The zero-order valence-corrected chi connectivity index (χ0v) is 12.3. The minimum absolute atomic E-state index is 0.242. The van der Waals surface area contributed by atoms with Crippen molar-refractivity contribution in [1.82, 2.24) is 15.0 Å². The van der Waals surface area contributed by atoms with Crippen LogP contribution in [0.15, 0.2) is 24.4 Å². The summed E-state index contributed by atoms with van der Waals surface area (Å²) >= 11 is 0. The Labute approximate surface area is 124 Å². The van der Waals surface area contributed by atoms with Crippen molar-refractivity contribution in [1.29, 1.82) is 0 Å². The van der Waals surface area contributed by atoms with Crippen molar-refractivity contribution in [3.8, 4) is 5.88 Å². The van der Waals surface area contributed by atoms with E-state index in [0.717, 1.165) is 24.3 Å². The molecule has 0 spiro atoms. The third-order valence-electron chi connectivity index (χ3n) is 2.78. The highest BCUT2D eigenvalue weighted by atomic mass is 16.5. The first kappa shape index (κ1) is 14.8. The van der Waals surface area contributed by atoms with Crippen molar-refractivity contribution in [2.45, 2.75) is 19.9 Å². The molecule has 0 saturated carbocycles. The Morgan fingerprint density at radius 3 is 2.57 bits per heavy atom. The number of nitrogens with zero attached hydrogens (tertiary/aromatic N) is 3. The highest BCUT2D eigenvalue weighted by Crippen LogP contribution is 2.14. The number of rotatable bonds is 7. The zero-order valence-electron chi connectivity index (χ0n) is 12.3. The molecule has 2 heterocycles. The maximum Gasteiger partial charge on any atom is 0.223 e. The van der Waals surface area contributed by atoms with Crippen LogP contribution in [0.2, 0.25) is 0 Å². The predicted molar refractivity (Wildman–Crippen MR) is 83.3 cm³/mol. The minimum atomic E-state index is 0.242. The fraction of sp³-hybridized carbons (Fsp3) is 0.357. The van der Waals surface area contributed by atoms with Gasteiger partial charge in [0.05, 0.1) is 7.11 Å². The minimum Gasteiger partial charge on any atom is -0.481 e. The van der Waals surface area contributed by atoms with Gasteiger partial charge in [0.15, 0.2) is 0 Å². The van der Waals surface area contributed by atoms with Gasteiger partial charge in [-0.15, -0.1) is 0 Å². The fourth-order valence-electron chi connectivity index (χ4n) is 1.73. The fourth-order valence-corrected chi connectivity index (χ4v) is 1.73. The van der Waals surface area contributed by atoms with Crippen molar-refractivity contribution < 1.29 is 4.74 Å². The van der Waals surface area contributed by atoms with Crippen LogP contribution < -0.4 is 21.1 Å². The molecular weight excluding hydrogens is 268 g/mol. The van der Waals surface area contributed by atoms with Gasteiger partial charge in [-0.2, -0.15) is 9.97 Å². The Balaban J connectivity index is 1.99. The predicted octanol–water partition coefficient (Wildman–Crippen LogP) is 1.90. The molecule has 112 valence electrons. The van der Waals surface area contributed by atoms with E-state index in [0.29, 0.717) is 18.2 Å². The molecule has 0 atom stereocenters. The first-order chi connectivity index (χ1) is 10.2. The van der Waals surface area contributed by atoms with Crippen molar-refractivity contribution in [3.05, 3.63) is 30.0 Å². The summed E-state index contributed by atoms with van der Waals surface area (Å²) in [7, 11) is 1.59. The number of ether oxygens (including phenoxy) is 1. The third kappa shape index (κ3) is 4.48. The highest BCUT2D eigenvalue weighted by Gasteiger charge is 2.02. The Hall–Kier alpha value is -2.57. The molecule has 7 nitrogen and oxygen atoms in total. The van der Waals surface area contributed by atoms with E-state index in [-0.39, 0.29) is 5.95 Å². The van der Waals surface area contributed by atoms with E-state index in [9.17, 15) is 0 Å². The lowest BCUT2D eigenvalue weighted by atomic mass is 10.3. The molecule has 4 N–H and O–H groups in total.